The predicted octanol–water partition coefficient (Wildman–Crippen LogP) is 4.56. The first-order valence-electron chi connectivity index (χ1n) is 5.74. The summed E-state index contributed by atoms with van der Waals surface area (Å²) in [5.74, 6) is 0. The minimum Gasteiger partial charge on any atom is -0.398 e. The van der Waals surface area contributed by atoms with Crippen LogP contribution < -0.4 is 10.5 Å². The van der Waals surface area contributed by atoms with E-state index < -0.39 is 10.0 Å². The van der Waals surface area contributed by atoms with E-state index in [0.29, 0.717) is 19.7 Å². The van der Waals surface area contributed by atoms with Gasteiger partial charge in [-0.2, -0.15) is 0 Å². The molecule has 8 heteroatoms. The molecule has 112 valence electrons. The quantitative estimate of drug-likeness (QED) is 0.668. The van der Waals surface area contributed by atoms with Gasteiger partial charge in [0.1, 0.15) is 4.90 Å². The summed E-state index contributed by atoms with van der Waals surface area (Å²) in [5.41, 5.74) is 7.19. The Morgan fingerprint density at radius 2 is 1.86 bits per heavy atom. The molecule has 0 atom stereocenters. The number of nitrogens with two attached hydrogens (primary N) is 1. The Hall–Kier alpha value is -0.760. The Bertz CT molecular complexity index is 787. The van der Waals surface area contributed by atoms with Crippen molar-refractivity contribution in [1.82, 2.24) is 0 Å². The summed E-state index contributed by atoms with van der Waals surface area (Å²) in [4.78, 5) is -0.0117. The molecule has 2 aromatic carbocycles. The SMILES string of the molecule is Cc1ccc(NS(=O)(=O)c2c(N)cc(Br)cc2Br)cc1Cl. The van der Waals surface area contributed by atoms with Gasteiger partial charge in [0.15, 0.2) is 0 Å². The van der Waals surface area contributed by atoms with E-state index in [1.54, 1.807) is 24.3 Å². The Morgan fingerprint density at radius 1 is 1.19 bits per heavy atom. The highest BCUT2D eigenvalue weighted by Gasteiger charge is 2.22. The van der Waals surface area contributed by atoms with Crippen molar-refractivity contribution in [1.29, 1.82) is 0 Å². The van der Waals surface area contributed by atoms with Crippen LogP contribution in [0.5, 0.6) is 0 Å². The fourth-order valence-corrected chi connectivity index (χ4v) is 5.03. The number of sulfonamides is 1. The van der Waals surface area contributed by atoms with Crippen LogP contribution in [0.25, 0.3) is 0 Å². The Morgan fingerprint density at radius 3 is 2.43 bits per heavy atom. The van der Waals surface area contributed by atoms with Crippen LogP contribution in [0.2, 0.25) is 5.02 Å². The third-order valence-corrected chi connectivity index (χ3v) is 5.98. The molecule has 0 radical (unpaired) electrons. The molecular weight excluding hydrogens is 443 g/mol. The van der Waals surface area contributed by atoms with E-state index in [-0.39, 0.29) is 10.6 Å². The molecule has 2 rings (SSSR count). The zero-order chi connectivity index (χ0) is 15.8. The molecule has 0 aliphatic rings. The molecule has 0 aliphatic heterocycles. The summed E-state index contributed by atoms with van der Waals surface area (Å²) in [5, 5.41) is 0.484. The van der Waals surface area contributed by atoms with Gasteiger partial charge in [-0.3, -0.25) is 4.72 Å². The summed E-state index contributed by atoms with van der Waals surface area (Å²) in [6.45, 7) is 1.84. The molecule has 4 nitrogen and oxygen atoms in total. The maximum Gasteiger partial charge on any atom is 0.265 e. The van der Waals surface area contributed by atoms with Crippen LogP contribution in [-0.2, 0) is 10.0 Å². The number of halogens is 3. The topological polar surface area (TPSA) is 72.2 Å². The van der Waals surface area contributed by atoms with Crippen LogP contribution in [-0.4, -0.2) is 8.42 Å². The number of nitrogens with one attached hydrogen (secondary N) is 1. The van der Waals surface area contributed by atoms with Gasteiger partial charge < -0.3 is 5.73 Å². The molecular formula is C13H11Br2ClN2O2S. The zero-order valence-electron chi connectivity index (χ0n) is 10.8. The Balaban J connectivity index is 2.46. The van der Waals surface area contributed by atoms with Crippen LogP contribution >= 0.6 is 43.5 Å². The van der Waals surface area contributed by atoms with Crippen molar-refractivity contribution < 1.29 is 8.42 Å². The average Bonchev–Trinajstić information content (AvgIpc) is 2.31. The van der Waals surface area contributed by atoms with Gasteiger partial charge in [-0.15, -0.1) is 0 Å². The van der Waals surface area contributed by atoms with Crippen molar-refractivity contribution in [3.63, 3.8) is 0 Å². The van der Waals surface area contributed by atoms with E-state index in [0.717, 1.165) is 5.56 Å². The standard InChI is InChI=1S/C13H11Br2ClN2O2S/c1-7-2-3-9(6-11(7)16)18-21(19,20)13-10(15)4-8(14)5-12(13)17/h2-6,18H,17H2,1H3. The van der Waals surface area contributed by atoms with E-state index in [2.05, 4.69) is 36.6 Å². The first-order chi connectivity index (χ1) is 9.70. The smallest absolute Gasteiger partial charge is 0.265 e. The molecule has 0 amide bonds. The highest BCUT2D eigenvalue weighted by molar-refractivity contribution is 9.11. The number of benzene rings is 2. The Labute approximate surface area is 145 Å². The lowest BCUT2D eigenvalue weighted by molar-refractivity contribution is 0.601. The molecule has 0 aliphatic carbocycles. The van der Waals surface area contributed by atoms with Gasteiger partial charge in [-0.05, 0) is 52.7 Å². The van der Waals surface area contributed by atoms with E-state index in [1.165, 1.54) is 6.07 Å². The van der Waals surface area contributed by atoms with E-state index in [9.17, 15) is 8.42 Å². The van der Waals surface area contributed by atoms with Crippen molar-refractivity contribution >= 4 is 64.9 Å². The average molecular weight is 455 g/mol. The van der Waals surface area contributed by atoms with Crippen molar-refractivity contribution in [3.8, 4) is 0 Å². The molecule has 21 heavy (non-hydrogen) atoms. The molecule has 2 aromatic rings. The van der Waals surface area contributed by atoms with E-state index in [1.807, 2.05) is 6.92 Å². The normalized spacial score (nSPS) is 11.4. The van der Waals surface area contributed by atoms with Crippen molar-refractivity contribution in [3.05, 3.63) is 49.9 Å². The summed E-state index contributed by atoms with van der Waals surface area (Å²) in [6.07, 6.45) is 0. The number of hydrogen-bond donors (Lipinski definition) is 2. The second-order valence-electron chi connectivity index (χ2n) is 4.38. The van der Waals surface area contributed by atoms with Crippen molar-refractivity contribution in [2.75, 3.05) is 10.5 Å². The van der Waals surface area contributed by atoms with Gasteiger partial charge in [0.25, 0.3) is 10.0 Å². The number of rotatable bonds is 3. The van der Waals surface area contributed by atoms with Crippen molar-refractivity contribution in [2.24, 2.45) is 0 Å². The predicted molar refractivity (Wildman–Crippen MR) is 93.3 cm³/mol. The zero-order valence-corrected chi connectivity index (χ0v) is 15.6. The highest BCUT2D eigenvalue weighted by Crippen LogP contribution is 2.33. The summed E-state index contributed by atoms with van der Waals surface area (Å²) in [7, 11) is -3.82. The third kappa shape index (κ3) is 3.71. The number of anilines is 2. The van der Waals surface area contributed by atoms with Crippen molar-refractivity contribution in [2.45, 2.75) is 11.8 Å². The molecule has 0 fully saturated rings. The number of nitrogen functional groups attached to an aromatic ring is 1. The van der Waals surface area contributed by atoms with Crippen LogP contribution in [0, 0.1) is 6.92 Å². The third-order valence-electron chi connectivity index (χ3n) is 2.73. The summed E-state index contributed by atoms with van der Waals surface area (Å²) in [6, 6.07) is 8.08. The fourth-order valence-electron chi connectivity index (χ4n) is 1.73. The monoisotopic (exact) mass is 452 g/mol. The highest BCUT2D eigenvalue weighted by atomic mass is 79.9. The molecule has 0 saturated carbocycles. The fraction of sp³-hybridized carbons (Fsp3) is 0.0769. The number of hydrogen-bond acceptors (Lipinski definition) is 3. The molecule has 0 bridgehead atoms. The van der Waals surface area contributed by atoms with Crippen LogP contribution in [0.15, 0.2) is 44.2 Å². The van der Waals surface area contributed by atoms with Gasteiger partial charge in [0, 0.05) is 14.0 Å². The second-order valence-corrected chi connectivity index (χ2v) is 8.17. The first kappa shape index (κ1) is 16.6. The number of aryl methyl sites for hydroxylation is 1. The lowest BCUT2D eigenvalue weighted by atomic mass is 10.2. The summed E-state index contributed by atoms with van der Waals surface area (Å²) >= 11 is 12.5. The lowest BCUT2D eigenvalue weighted by Crippen LogP contribution is -2.15. The maximum absolute atomic E-state index is 12.5. The minimum atomic E-state index is -3.82. The van der Waals surface area contributed by atoms with Crippen LogP contribution in [0.3, 0.4) is 0 Å². The van der Waals surface area contributed by atoms with Crippen LogP contribution in [0.4, 0.5) is 11.4 Å². The van der Waals surface area contributed by atoms with Gasteiger partial charge in [0.05, 0.1) is 11.4 Å². The summed E-state index contributed by atoms with van der Waals surface area (Å²) < 4.78 is 28.5. The Kier molecular flexibility index (Phi) is 4.87. The van der Waals surface area contributed by atoms with Gasteiger partial charge in [0.2, 0.25) is 0 Å². The van der Waals surface area contributed by atoms with E-state index in [4.69, 9.17) is 17.3 Å². The maximum atomic E-state index is 12.5. The molecule has 3 N–H and O–H groups in total. The molecule has 0 saturated heterocycles. The lowest BCUT2D eigenvalue weighted by Gasteiger charge is -2.13. The second kappa shape index (κ2) is 6.16. The van der Waals surface area contributed by atoms with Gasteiger partial charge in [-0.25, -0.2) is 8.42 Å². The molecule has 0 heterocycles. The first-order valence-corrected chi connectivity index (χ1v) is 9.19. The largest absolute Gasteiger partial charge is 0.398 e. The van der Waals surface area contributed by atoms with Gasteiger partial charge >= 0.3 is 0 Å². The molecule has 0 unspecified atom stereocenters. The van der Waals surface area contributed by atoms with Gasteiger partial charge in [-0.1, -0.05) is 33.6 Å². The minimum absolute atomic E-state index is 0.0117. The molecule has 0 spiro atoms. The van der Waals surface area contributed by atoms with E-state index >= 15 is 0 Å². The molecule has 0 aromatic heterocycles. The van der Waals surface area contributed by atoms with Crippen LogP contribution in [0.1, 0.15) is 5.56 Å².